The molecular formula is C14H16INO. The monoisotopic (exact) mass is 341 g/mol. The summed E-state index contributed by atoms with van der Waals surface area (Å²) in [5.41, 5.74) is 4.33. The van der Waals surface area contributed by atoms with Crippen LogP contribution in [0.3, 0.4) is 0 Å². The van der Waals surface area contributed by atoms with Gasteiger partial charge in [0.25, 0.3) is 0 Å². The van der Waals surface area contributed by atoms with Crippen LogP contribution in [0.1, 0.15) is 31.7 Å². The molecule has 0 spiro atoms. The maximum Gasteiger partial charge on any atom is 0.160 e. The quantitative estimate of drug-likeness (QED) is 0.823. The molecule has 0 aromatic heterocycles. The number of benzene rings is 1. The Morgan fingerprint density at radius 2 is 2.00 bits per heavy atom. The minimum absolute atomic E-state index is 0.279. The summed E-state index contributed by atoms with van der Waals surface area (Å²) in [5, 5.41) is 3.41. The van der Waals surface area contributed by atoms with Gasteiger partial charge in [0.15, 0.2) is 5.78 Å². The number of rotatable bonds is 2. The molecule has 1 aliphatic carbocycles. The van der Waals surface area contributed by atoms with Crippen molar-refractivity contribution in [3.8, 4) is 0 Å². The van der Waals surface area contributed by atoms with E-state index < -0.39 is 0 Å². The predicted octanol–water partition coefficient (Wildman–Crippen LogP) is 4.04. The second-order valence-electron chi connectivity index (χ2n) is 4.49. The highest BCUT2D eigenvalue weighted by Crippen LogP contribution is 2.26. The molecule has 2 rings (SSSR count). The highest BCUT2D eigenvalue weighted by Gasteiger charge is 2.17. The number of carbonyl (C=O) groups is 1. The zero-order chi connectivity index (χ0) is 12.4. The maximum atomic E-state index is 11.6. The molecule has 0 aliphatic heterocycles. The molecule has 0 saturated heterocycles. The standard InChI is InChI=1S/C14H16INO/c1-9-6-7-13(11(15)8-9)16-12-4-3-5-14(17)10(12)2/h6-8,16H,3-5H2,1-2H3. The summed E-state index contributed by atoms with van der Waals surface area (Å²) in [7, 11) is 0. The van der Waals surface area contributed by atoms with Crippen LogP contribution < -0.4 is 5.32 Å². The minimum atomic E-state index is 0.279. The number of halogens is 1. The topological polar surface area (TPSA) is 29.1 Å². The number of nitrogens with one attached hydrogen (secondary N) is 1. The lowest BCUT2D eigenvalue weighted by molar-refractivity contribution is -0.116. The second kappa shape index (κ2) is 5.21. The van der Waals surface area contributed by atoms with Gasteiger partial charge in [0, 0.05) is 21.3 Å². The number of ketones is 1. The normalized spacial score (nSPS) is 16.3. The van der Waals surface area contributed by atoms with Crippen molar-refractivity contribution < 1.29 is 4.79 Å². The molecule has 1 aliphatic rings. The molecule has 0 fully saturated rings. The van der Waals surface area contributed by atoms with Crippen LogP contribution in [0.5, 0.6) is 0 Å². The molecule has 0 heterocycles. The largest absolute Gasteiger partial charge is 0.358 e. The lowest BCUT2D eigenvalue weighted by atomic mass is 9.96. The first kappa shape index (κ1) is 12.6. The fraction of sp³-hybridized carbons (Fsp3) is 0.357. The summed E-state index contributed by atoms with van der Waals surface area (Å²) in [6.07, 6.45) is 2.63. The zero-order valence-corrected chi connectivity index (χ0v) is 12.3. The number of anilines is 1. The van der Waals surface area contributed by atoms with Crippen molar-refractivity contribution in [1.29, 1.82) is 0 Å². The number of aryl methyl sites for hydroxylation is 1. The average Bonchev–Trinajstić information content (AvgIpc) is 2.28. The lowest BCUT2D eigenvalue weighted by Gasteiger charge is -2.19. The summed E-state index contributed by atoms with van der Waals surface area (Å²) < 4.78 is 1.20. The molecule has 17 heavy (non-hydrogen) atoms. The highest BCUT2D eigenvalue weighted by molar-refractivity contribution is 14.1. The molecule has 0 atom stereocenters. The summed E-state index contributed by atoms with van der Waals surface area (Å²) in [6.45, 7) is 4.01. The van der Waals surface area contributed by atoms with Gasteiger partial charge in [0.1, 0.15) is 0 Å². The Labute approximate surface area is 116 Å². The number of Topliss-reactive ketones (excluding diaryl/α,β-unsaturated/α-hetero) is 1. The van der Waals surface area contributed by atoms with Gasteiger partial charge >= 0.3 is 0 Å². The van der Waals surface area contributed by atoms with Crippen molar-refractivity contribution in [1.82, 2.24) is 0 Å². The molecule has 2 nitrogen and oxygen atoms in total. The van der Waals surface area contributed by atoms with Crippen molar-refractivity contribution in [3.63, 3.8) is 0 Å². The molecule has 1 N–H and O–H groups in total. The Morgan fingerprint density at radius 3 is 2.71 bits per heavy atom. The van der Waals surface area contributed by atoms with E-state index in [9.17, 15) is 4.79 Å². The Morgan fingerprint density at radius 1 is 1.24 bits per heavy atom. The van der Waals surface area contributed by atoms with Gasteiger partial charge in [0.2, 0.25) is 0 Å². The third-order valence-corrected chi connectivity index (χ3v) is 4.00. The van der Waals surface area contributed by atoms with E-state index >= 15 is 0 Å². The summed E-state index contributed by atoms with van der Waals surface area (Å²) in [5.74, 6) is 0.279. The zero-order valence-electron chi connectivity index (χ0n) is 10.1. The van der Waals surface area contributed by atoms with Gasteiger partial charge in [-0.15, -0.1) is 0 Å². The fourth-order valence-corrected chi connectivity index (χ4v) is 2.82. The van der Waals surface area contributed by atoms with Crippen molar-refractivity contribution in [3.05, 3.63) is 38.6 Å². The molecule has 90 valence electrons. The maximum absolute atomic E-state index is 11.6. The Balaban J connectivity index is 2.26. The average molecular weight is 341 g/mol. The summed E-state index contributed by atoms with van der Waals surface area (Å²) >= 11 is 2.32. The van der Waals surface area contributed by atoms with Crippen LogP contribution >= 0.6 is 22.6 Å². The molecule has 0 radical (unpaired) electrons. The van der Waals surface area contributed by atoms with Crippen LogP contribution in [0.4, 0.5) is 5.69 Å². The third-order valence-electron chi connectivity index (χ3n) is 3.11. The predicted molar refractivity (Wildman–Crippen MR) is 79.1 cm³/mol. The van der Waals surface area contributed by atoms with E-state index in [0.29, 0.717) is 6.42 Å². The number of hydrogen-bond donors (Lipinski definition) is 1. The number of hydrogen-bond acceptors (Lipinski definition) is 2. The molecule has 0 unspecified atom stereocenters. The Bertz CT molecular complexity index is 491. The lowest BCUT2D eigenvalue weighted by Crippen LogP contribution is -2.14. The van der Waals surface area contributed by atoms with E-state index in [1.165, 1.54) is 9.13 Å². The van der Waals surface area contributed by atoms with Crippen LogP contribution in [0.15, 0.2) is 29.5 Å². The Hall–Kier alpha value is -0.840. The SMILES string of the molecule is CC1=C(Nc2ccc(C)cc2I)CCCC1=O. The second-order valence-corrected chi connectivity index (χ2v) is 5.65. The smallest absolute Gasteiger partial charge is 0.160 e. The van der Waals surface area contributed by atoms with Crippen LogP contribution in [-0.2, 0) is 4.79 Å². The van der Waals surface area contributed by atoms with E-state index in [2.05, 4.69) is 53.0 Å². The third kappa shape index (κ3) is 2.89. The van der Waals surface area contributed by atoms with Gasteiger partial charge in [-0.3, -0.25) is 4.79 Å². The highest BCUT2D eigenvalue weighted by atomic mass is 127. The molecule has 0 saturated carbocycles. The van der Waals surface area contributed by atoms with Crippen LogP contribution in [-0.4, -0.2) is 5.78 Å². The Kier molecular flexibility index (Phi) is 3.86. The van der Waals surface area contributed by atoms with Gasteiger partial charge in [0.05, 0.1) is 5.69 Å². The van der Waals surface area contributed by atoms with Gasteiger partial charge < -0.3 is 5.32 Å². The van der Waals surface area contributed by atoms with E-state index in [0.717, 1.165) is 29.8 Å². The van der Waals surface area contributed by atoms with E-state index in [1.807, 2.05) is 6.92 Å². The van der Waals surface area contributed by atoms with E-state index in [1.54, 1.807) is 0 Å². The molecular weight excluding hydrogens is 325 g/mol. The molecule has 1 aromatic rings. The first-order chi connectivity index (χ1) is 8.08. The van der Waals surface area contributed by atoms with Crippen molar-refractivity contribution in [2.24, 2.45) is 0 Å². The molecule has 3 heteroatoms. The molecule has 1 aromatic carbocycles. The summed E-state index contributed by atoms with van der Waals surface area (Å²) in [6, 6.07) is 6.31. The van der Waals surface area contributed by atoms with Crippen molar-refractivity contribution >= 4 is 34.1 Å². The van der Waals surface area contributed by atoms with Crippen LogP contribution in [0.25, 0.3) is 0 Å². The van der Waals surface area contributed by atoms with E-state index in [4.69, 9.17) is 0 Å². The van der Waals surface area contributed by atoms with Gasteiger partial charge in [-0.2, -0.15) is 0 Å². The van der Waals surface area contributed by atoms with Gasteiger partial charge in [-0.25, -0.2) is 0 Å². The fourth-order valence-electron chi connectivity index (χ4n) is 2.01. The molecule has 0 bridgehead atoms. The van der Waals surface area contributed by atoms with E-state index in [-0.39, 0.29) is 5.78 Å². The minimum Gasteiger partial charge on any atom is -0.358 e. The number of allylic oxidation sites excluding steroid dienone is 2. The van der Waals surface area contributed by atoms with Gasteiger partial charge in [-0.1, -0.05) is 6.07 Å². The van der Waals surface area contributed by atoms with Crippen molar-refractivity contribution in [2.75, 3.05) is 5.32 Å². The molecule has 0 amide bonds. The van der Waals surface area contributed by atoms with Crippen molar-refractivity contribution in [2.45, 2.75) is 33.1 Å². The number of carbonyl (C=O) groups excluding carboxylic acids is 1. The van der Waals surface area contributed by atoms with Crippen LogP contribution in [0, 0.1) is 10.5 Å². The van der Waals surface area contributed by atoms with Gasteiger partial charge in [-0.05, 0) is 67.0 Å². The van der Waals surface area contributed by atoms with Crippen LogP contribution in [0.2, 0.25) is 0 Å². The first-order valence-electron chi connectivity index (χ1n) is 5.84. The summed E-state index contributed by atoms with van der Waals surface area (Å²) in [4.78, 5) is 11.6. The first-order valence-corrected chi connectivity index (χ1v) is 6.92.